The maximum absolute atomic E-state index is 12.5. The number of amides is 1. The molecule has 22 heavy (non-hydrogen) atoms. The van der Waals surface area contributed by atoms with Crippen LogP contribution < -0.4 is 0 Å². The van der Waals surface area contributed by atoms with Crippen molar-refractivity contribution < 1.29 is 19.5 Å². The minimum absolute atomic E-state index is 0.202. The van der Waals surface area contributed by atoms with Gasteiger partial charge in [0.1, 0.15) is 5.69 Å². The summed E-state index contributed by atoms with van der Waals surface area (Å²) < 4.78 is 0. The van der Waals surface area contributed by atoms with Crippen molar-refractivity contribution in [3.8, 4) is 0 Å². The number of likely N-dealkylation sites (tertiary alicyclic amines) is 1. The van der Waals surface area contributed by atoms with Gasteiger partial charge in [-0.2, -0.15) is 10.3 Å². The highest BCUT2D eigenvalue weighted by Gasteiger charge is 2.41. The Bertz CT molecular complexity index is 608. The number of aromatic amines is 1. The number of carboxylic acid groups (broad SMARTS) is 1. The molecule has 1 aromatic heterocycles. The molecular weight excluding hydrogens is 288 g/mol. The van der Waals surface area contributed by atoms with Crippen LogP contribution in [0.5, 0.6) is 0 Å². The lowest BCUT2D eigenvalue weighted by Gasteiger charge is -2.27. The zero-order chi connectivity index (χ0) is 16.5. The van der Waals surface area contributed by atoms with Crippen molar-refractivity contribution in [3.05, 3.63) is 11.4 Å². The Balaban J connectivity index is 2.28. The van der Waals surface area contributed by atoms with E-state index in [4.69, 9.17) is 5.11 Å². The van der Waals surface area contributed by atoms with Crippen molar-refractivity contribution in [1.29, 1.82) is 0 Å². The number of rotatable bonds is 5. The zero-order valence-electron chi connectivity index (χ0n) is 12.9. The van der Waals surface area contributed by atoms with Crippen LogP contribution in [0.25, 0.3) is 0 Å². The number of nitrogens with zero attached hydrogens (tertiary/aromatic N) is 3. The maximum atomic E-state index is 12.5. The smallest absolute Gasteiger partial charge is 0.358 e. The minimum Gasteiger partial charge on any atom is -0.476 e. The lowest BCUT2D eigenvalue weighted by atomic mass is 9.84. The molecule has 0 aromatic carbocycles. The lowest BCUT2D eigenvalue weighted by molar-refractivity contribution is -0.150. The Morgan fingerprint density at radius 3 is 2.64 bits per heavy atom. The first-order valence-corrected chi connectivity index (χ1v) is 7.29. The van der Waals surface area contributed by atoms with E-state index >= 15 is 0 Å². The third-order valence-corrected chi connectivity index (χ3v) is 4.30. The van der Waals surface area contributed by atoms with Crippen LogP contribution in [0, 0.1) is 5.41 Å². The van der Waals surface area contributed by atoms with E-state index in [9.17, 15) is 14.4 Å². The van der Waals surface area contributed by atoms with Gasteiger partial charge < -0.3 is 10.0 Å². The molecule has 1 fully saturated rings. The number of H-pyrrole nitrogens is 1. The van der Waals surface area contributed by atoms with Crippen LogP contribution in [0.4, 0.5) is 0 Å². The third-order valence-electron chi connectivity index (χ3n) is 4.30. The van der Waals surface area contributed by atoms with Crippen molar-refractivity contribution in [3.63, 3.8) is 0 Å². The van der Waals surface area contributed by atoms with Gasteiger partial charge >= 0.3 is 5.97 Å². The highest BCUT2D eigenvalue weighted by Crippen LogP contribution is 2.34. The van der Waals surface area contributed by atoms with E-state index in [2.05, 4.69) is 15.4 Å². The number of carboxylic acids is 1. The summed E-state index contributed by atoms with van der Waals surface area (Å²) in [6.07, 6.45) is 1.82. The SMILES string of the molecule is CCC(C)(C)C(=O)C(=O)N1CCCC1c1n[nH]nc1C(=O)O. The van der Waals surface area contributed by atoms with Crippen LogP contribution in [0.3, 0.4) is 0 Å². The number of nitrogens with one attached hydrogen (secondary N) is 1. The first kappa shape index (κ1) is 16.1. The summed E-state index contributed by atoms with van der Waals surface area (Å²) in [4.78, 5) is 37.5. The van der Waals surface area contributed by atoms with E-state index in [1.807, 2.05) is 6.92 Å². The molecular formula is C14H20N4O4. The molecule has 1 saturated heterocycles. The number of ketones is 1. The largest absolute Gasteiger partial charge is 0.476 e. The second-order valence-corrected chi connectivity index (χ2v) is 6.09. The van der Waals surface area contributed by atoms with Crippen LogP contribution >= 0.6 is 0 Å². The Labute approximate surface area is 127 Å². The molecule has 2 rings (SSSR count). The highest BCUT2D eigenvalue weighted by molar-refractivity contribution is 6.38. The average Bonchev–Trinajstić information content (AvgIpc) is 3.13. The molecule has 8 nitrogen and oxygen atoms in total. The highest BCUT2D eigenvalue weighted by atomic mass is 16.4. The molecule has 2 heterocycles. The molecule has 8 heteroatoms. The summed E-state index contributed by atoms with van der Waals surface area (Å²) in [5, 5.41) is 18.9. The normalized spacial score (nSPS) is 18.5. The van der Waals surface area contributed by atoms with Crippen molar-refractivity contribution in [2.75, 3.05) is 6.54 Å². The van der Waals surface area contributed by atoms with Crippen LogP contribution in [0.15, 0.2) is 0 Å². The molecule has 1 unspecified atom stereocenters. The van der Waals surface area contributed by atoms with Gasteiger partial charge in [0.05, 0.1) is 6.04 Å². The monoisotopic (exact) mass is 308 g/mol. The number of hydrogen-bond donors (Lipinski definition) is 2. The van der Waals surface area contributed by atoms with Gasteiger partial charge in [-0.3, -0.25) is 9.59 Å². The van der Waals surface area contributed by atoms with Gasteiger partial charge in [-0.15, -0.1) is 5.10 Å². The minimum atomic E-state index is -1.21. The fourth-order valence-corrected chi connectivity index (χ4v) is 2.50. The first-order chi connectivity index (χ1) is 10.3. The molecule has 1 aromatic rings. The van der Waals surface area contributed by atoms with Crippen LogP contribution in [-0.2, 0) is 9.59 Å². The summed E-state index contributed by atoms with van der Waals surface area (Å²) in [7, 11) is 0. The maximum Gasteiger partial charge on any atom is 0.358 e. The standard InChI is InChI=1S/C14H20N4O4/c1-4-14(2,3)11(19)12(20)18-7-5-6-8(18)9-10(13(21)22)16-17-15-9/h8H,4-7H2,1-3H3,(H,21,22)(H,15,16,17). The molecule has 1 amide bonds. The Morgan fingerprint density at radius 1 is 1.36 bits per heavy atom. The van der Waals surface area contributed by atoms with Gasteiger partial charge in [-0.05, 0) is 19.3 Å². The van der Waals surface area contributed by atoms with Crippen molar-refractivity contribution in [2.24, 2.45) is 5.41 Å². The predicted octanol–water partition coefficient (Wildman–Crippen LogP) is 1.17. The molecule has 0 radical (unpaired) electrons. The van der Waals surface area contributed by atoms with Crippen molar-refractivity contribution >= 4 is 17.7 Å². The van der Waals surface area contributed by atoms with Gasteiger partial charge in [-0.25, -0.2) is 4.79 Å². The summed E-state index contributed by atoms with van der Waals surface area (Å²) in [6, 6.07) is -0.519. The molecule has 1 aliphatic heterocycles. The van der Waals surface area contributed by atoms with E-state index in [1.165, 1.54) is 4.90 Å². The number of hydrogen-bond acceptors (Lipinski definition) is 5. The Kier molecular flexibility index (Phi) is 4.30. The summed E-state index contributed by atoms with van der Waals surface area (Å²) in [5.74, 6) is -2.24. The van der Waals surface area contributed by atoms with Gasteiger partial charge in [0.25, 0.3) is 5.91 Å². The van der Waals surface area contributed by atoms with Gasteiger partial charge in [0.15, 0.2) is 5.69 Å². The quantitative estimate of drug-likeness (QED) is 0.789. The molecule has 0 spiro atoms. The van der Waals surface area contributed by atoms with E-state index in [0.717, 1.165) is 0 Å². The van der Waals surface area contributed by atoms with E-state index in [0.29, 0.717) is 25.8 Å². The molecule has 0 aliphatic carbocycles. The first-order valence-electron chi connectivity index (χ1n) is 7.29. The summed E-state index contributed by atoms with van der Waals surface area (Å²) in [6.45, 7) is 5.74. The van der Waals surface area contributed by atoms with Gasteiger partial charge in [0.2, 0.25) is 5.78 Å². The van der Waals surface area contributed by atoms with Crippen LogP contribution in [-0.4, -0.2) is 49.6 Å². The van der Waals surface area contributed by atoms with Crippen LogP contribution in [0.2, 0.25) is 0 Å². The zero-order valence-corrected chi connectivity index (χ0v) is 12.9. The van der Waals surface area contributed by atoms with Gasteiger partial charge in [-0.1, -0.05) is 20.8 Å². The Hall–Kier alpha value is -2.25. The number of carbonyl (C=O) groups excluding carboxylic acids is 2. The van der Waals surface area contributed by atoms with E-state index in [1.54, 1.807) is 13.8 Å². The average molecular weight is 308 g/mol. The fourth-order valence-electron chi connectivity index (χ4n) is 2.50. The molecule has 1 aliphatic rings. The molecule has 1 atom stereocenters. The second kappa shape index (κ2) is 5.86. The van der Waals surface area contributed by atoms with Crippen molar-refractivity contribution in [1.82, 2.24) is 20.3 Å². The Morgan fingerprint density at radius 2 is 2.05 bits per heavy atom. The van der Waals surface area contributed by atoms with E-state index in [-0.39, 0.29) is 11.4 Å². The fraction of sp³-hybridized carbons (Fsp3) is 0.643. The number of aromatic nitrogens is 3. The predicted molar refractivity (Wildman–Crippen MR) is 76.1 cm³/mol. The van der Waals surface area contributed by atoms with Gasteiger partial charge in [0, 0.05) is 12.0 Å². The summed E-state index contributed by atoms with van der Waals surface area (Å²) >= 11 is 0. The van der Waals surface area contributed by atoms with Crippen LogP contribution in [0.1, 0.15) is 62.3 Å². The second-order valence-electron chi connectivity index (χ2n) is 6.09. The number of aromatic carboxylic acids is 1. The van der Waals surface area contributed by atoms with E-state index < -0.39 is 29.1 Å². The topological polar surface area (TPSA) is 116 Å². The molecule has 120 valence electrons. The molecule has 0 saturated carbocycles. The molecule has 2 N–H and O–H groups in total. The van der Waals surface area contributed by atoms with Crippen molar-refractivity contribution in [2.45, 2.75) is 46.1 Å². The number of carbonyl (C=O) groups is 3. The lowest BCUT2D eigenvalue weighted by Crippen LogP contribution is -2.42. The summed E-state index contributed by atoms with van der Waals surface area (Å²) in [5.41, 5.74) is -0.726. The number of Topliss-reactive ketones (excluding diaryl/α,β-unsaturated/α-hetero) is 1. The molecule has 0 bridgehead atoms. The third kappa shape index (κ3) is 2.72.